The molecule has 1 saturated carbocycles. The summed E-state index contributed by atoms with van der Waals surface area (Å²) in [5.41, 5.74) is 6.52. The number of ether oxygens (including phenoxy) is 1. The van der Waals surface area contributed by atoms with Crippen LogP contribution in [-0.2, 0) is 19.8 Å². The van der Waals surface area contributed by atoms with Gasteiger partial charge >= 0.3 is 0 Å². The van der Waals surface area contributed by atoms with Crippen LogP contribution in [0.15, 0.2) is 85.2 Å². The van der Waals surface area contributed by atoms with E-state index in [1.54, 1.807) is 43.6 Å². The summed E-state index contributed by atoms with van der Waals surface area (Å²) in [5, 5.41) is 8.73. The maximum atomic E-state index is 16.0. The molecular weight excluding hydrogens is 1130 g/mol. The molecule has 0 radical (unpaired) electrons. The minimum Gasteiger partial charge on any atom is -0.490 e. The third-order valence-electron chi connectivity index (χ3n) is 18.7. The quantitative estimate of drug-likeness (QED) is 0.0541. The smallest absolute Gasteiger partial charge is 0.257 e. The highest BCUT2D eigenvalue weighted by atomic mass is 19.1. The third kappa shape index (κ3) is 13.7. The van der Waals surface area contributed by atoms with Crippen LogP contribution in [0, 0.1) is 12.7 Å². The summed E-state index contributed by atoms with van der Waals surface area (Å²) in [6.07, 6.45) is 12.0. The van der Waals surface area contributed by atoms with Gasteiger partial charge in [-0.3, -0.25) is 28.8 Å². The van der Waals surface area contributed by atoms with Crippen molar-refractivity contribution < 1.29 is 42.7 Å². The molecule has 0 spiro atoms. The summed E-state index contributed by atoms with van der Waals surface area (Å²) in [6.45, 7) is 16.0. The SMILES string of the molecule is CNC(=O)CCC(C=O)N(C)C(=O)c1c(C=O)cccc1N1CCC(Oc2ccc(C(=O)N3CCC(C)(c4ccc(-c5cc6ncn(C(C)C)c6c(Nc6cc(C(=O)NC(C)C)c(C)cc6F)n5)cc4N(C=O)C4CC(N5CCCCC5)C4)CC3)cc2)CC1. The summed E-state index contributed by atoms with van der Waals surface area (Å²) in [4.78, 5) is 111. The van der Waals surface area contributed by atoms with Crippen LogP contribution in [0.1, 0.15) is 164 Å². The molecule has 6 aromatic rings. The van der Waals surface area contributed by atoms with E-state index < -0.39 is 23.2 Å². The number of nitrogens with one attached hydrogen (secondary N) is 3. The van der Waals surface area contributed by atoms with Crippen LogP contribution in [0.25, 0.3) is 22.3 Å². The molecule has 5 amide bonds. The highest BCUT2D eigenvalue weighted by molar-refractivity contribution is 6.07. The molecule has 19 nitrogen and oxygen atoms in total. The van der Waals surface area contributed by atoms with Crippen LogP contribution in [0.3, 0.4) is 0 Å². The van der Waals surface area contributed by atoms with E-state index in [-0.39, 0.29) is 71.6 Å². The molecule has 4 aromatic carbocycles. The standard InChI is InChI=1S/C69H84FN11O8/c1-43(2)73-66(86)54-37-58(56(70)33-45(54)5)75-65-64-59(72-41-80(64)44(3)4)38-57(74-65)47-17-21-55(61(34-47)81(42-84)51-35-50(36-51)77-27-10-9-11-28-77)69(6)25-31-79(32-26-69)67(87)46-15-19-52(20-16-46)89-53-23-29-78(30-24-53)60-14-12-13-48(39-82)63(60)68(88)76(8)49(40-83)18-22-62(85)71-7/h12-17,19-21,33-34,37-44,49-51,53H,9-11,18,22-32,35-36H2,1-8H3,(H,71,85)(H,73,86)(H,74,75). The zero-order valence-corrected chi connectivity index (χ0v) is 52.5. The van der Waals surface area contributed by atoms with Crippen molar-refractivity contribution >= 4 is 76.5 Å². The Labute approximate surface area is 520 Å². The first-order valence-electron chi connectivity index (χ1n) is 31.5. The molecule has 4 fully saturated rings. The van der Waals surface area contributed by atoms with Crippen LogP contribution >= 0.6 is 0 Å². The molecule has 5 heterocycles. The van der Waals surface area contributed by atoms with Gasteiger partial charge in [-0.15, -0.1) is 0 Å². The number of benzene rings is 4. The minimum absolute atomic E-state index is 0.00816. The molecule has 1 atom stereocenters. The van der Waals surface area contributed by atoms with E-state index in [0.29, 0.717) is 121 Å². The fraction of sp³-hybridized carbons (Fsp3) is 0.464. The van der Waals surface area contributed by atoms with Gasteiger partial charge in [0.05, 0.1) is 40.5 Å². The largest absolute Gasteiger partial charge is 0.490 e. The second kappa shape index (κ2) is 27.5. The number of rotatable bonds is 22. The molecule has 20 heteroatoms. The van der Waals surface area contributed by atoms with Crippen molar-refractivity contribution in [1.29, 1.82) is 0 Å². The lowest BCUT2D eigenvalue weighted by Gasteiger charge is -2.49. The van der Waals surface area contributed by atoms with Crippen molar-refractivity contribution in [3.63, 3.8) is 0 Å². The van der Waals surface area contributed by atoms with E-state index in [2.05, 4.69) is 44.8 Å². The lowest BCUT2D eigenvalue weighted by molar-refractivity contribution is -0.121. The van der Waals surface area contributed by atoms with Gasteiger partial charge in [-0.2, -0.15) is 0 Å². The maximum absolute atomic E-state index is 16.0. The fourth-order valence-corrected chi connectivity index (χ4v) is 13.3. The van der Waals surface area contributed by atoms with Gasteiger partial charge in [-0.05, 0) is 164 Å². The number of carbonyl (C=O) groups excluding carboxylic acids is 7. The molecule has 1 aliphatic carbocycles. The first-order chi connectivity index (χ1) is 42.8. The number of aldehydes is 2. The summed E-state index contributed by atoms with van der Waals surface area (Å²) < 4.78 is 24.5. The first kappa shape index (κ1) is 63.5. The van der Waals surface area contributed by atoms with Gasteiger partial charge in [-0.25, -0.2) is 14.4 Å². The van der Waals surface area contributed by atoms with Gasteiger partial charge < -0.3 is 54.5 Å². The number of anilines is 4. The summed E-state index contributed by atoms with van der Waals surface area (Å²) in [5.74, 6) is -0.653. The zero-order valence-electron chi connectivity index (χ0n) is 52.5. The summed E-state index contributed by atoms with van der Waals surface area (Å²) >= 11 is 0. The van der Waals surface area contributed by atoms with Gasteiger partial charge in [0.15, 0.2) is 12.1 Å². The molecule has 0 bridgehead atoms. The fourth-order valence-electron chi connectivity index (χ4n) is 13.3. The number of pyridine rings is 1. The number of hydrogen-bond acceptors (Lipinski definition) is 13. The second-order valence-electron chi connectivity index (χ2n) is 25.4. The lowest BCUT2D eigenvalue weighted by Crippen LogP contribution is -2.55. The van der Waals surface area contributed by atoms with Crippen LogP contribution in [-0.4, -0.2) is 155 Å². The lowest BCUT2D eigenvalue weighted by atomic mass is 9.72. The molecule has 3 saturated heterocycles. The Morgan fingerprint density at radius 2 is 1.60 bits per heavy atom. The van der Waals surface area contributed by atoms with Gasteiger partial charge in [0.1, 0.15) is 29.5 Å². The van der Waals surface area contributed by atoms with Crippen molar-refractivity contribution in [2.24, 2.45) is 0 Å². The Bertz CT molecular complexity index is 3600. The molecule has 1 unspecified atom stereocenters. The number of halogens is 1. The molecule has 4 aliphatic rings. The van der Waals surface area contributed by atoms with Crippen molar-refractivity contribution in [2.45, 2.75) is 154 Å². The van der Waals surface area contributed by atoms with Gasteiger partial charge in [-0.1, -0.05) is 37.6 Å². The van der Waals surface area contributed by atoms with Gasteiger partial charge in [0.2, 0.25) is 12.3 Å². The van der Waals surface area contributed by atoms with Crippen LogP contribution in [0.4, 0.5) is 27.3 Å². The highest BCUT2D eigenvalue weighted by Gasteiger charge is 2.42. The molecule has 3 N–H and O–H groups in total. The average molecular weight is 1210 g/mol. The number of nitrogens with zero attached hydrogens (tertiary/aromatic N) is 8. The number of likely N-dealkylation sites (N-methyl/N-ethyl adjacent to an activating group) is 1. The number of fused-ring (bicyclic) bond motifs is 1. The first-order valence-corrected chi connectivity index (χ1v) is 31.5. The van der Waals surface area contributed by atoms with Gasteiger partial charge in [0, 0.05) is 112 Å². The molecule has 89 heavy (non-hydrogen) atoms. The van der Waals surface area contributed by atoms with Crippen molar-refractivity contribution in [2.75, 3.05) is 68.5 Å². The van der Waals surface area contributed by atoms with Crippen LogP contribution < -0.4 is 30.5 Å². The third-order valence-corrected chi connectivity index (χ3v) is 18.7. The number of aromatic nitrogens is 3. The molecular formula is C69H84FN11O8. The van der Waals surface area contributed by atoms with Crippen LogP contribution in [0.2, 0.25) is 0 Å². The number of amides is 5. The number of aryl methyl sites for hydroxylation is 1. The van der Waals surface area contributed by atoms with Crippen molar-refractivity contribution in [3.05, 3.63) is 124 Å². The molecule has 470 valence electrons. The normalized spacial score (nSPS) is 18.2. The average Bonchev–Trinajstić information content (AvgIpc) is 1.89. The van der Waals surface area contributed by atoms with E-state index in [0.717, 1.165) is 49.2 Å². The Morgan fingerprint density at radius 3 is 2.25 bits per heavy atom. The predicted octanol–water partition coefficient (Wildman–Crippen LogP) is 10.2. The van der Waals surface area contributed by atoms with Crippen LogP contribution in [0.5, 0.6) is 5.75 Å². The van der Waals surface area contributed by atoms with E-state index in [1.807, 2.05) is 66.3 Å². The number of hydrogen-bond donors (Lipinski definition) is 3. The van der Waals surface area contributed by atoms with E-state index in [9.17, 15) is 33.6 Å². The van der Waals surface area contributed by atoms with Crippen molar-refractivity contribution in [3.8, 4) is 17.0 Å². The minimum atomic E-state index is -0.857. The number of carbonyl (C=O) groups is 7. The predicted molar refractivity (Wildman–Crippen MR) is 343 cm³/mol. The topological polar surface area (TPSA) is 212 Å². The number of imidazole rings is 1. The van der Waals surface area contributed by atoms with E-state index >= 15 is 4.39 Å². The number of piperidine rings is 3. The summed E-state index contributed by atoms with van der Waals surface area (Å²) in [7, 11) is 3.02. The van der Waals surface area contributed by atoms with E-state index in [1.165, 1.54) is 50.4 Å². The van der Waals surface area contributed by atoms with Crippen molar-refractivity contribution in [1.82, 2.24) is 39.9 Å². The Hall–Kier alpha value is -8.52. The molecule has 3 aliphatic heterocycles. The Balaban J connectivity index is 0.847. The summed E-state index contributed by atoms with van der Waals surface area (Å²) in [6, 6.07) is 22.8. The Kier molecular flexibility index (Phi) is 19.6. The second-order valence-corrected chi connectivity index (χ2v) is 25.4. The van der Waals surface area contributed by atoms with Gasteiger partial charge in [0.25, 0.3) is 17.7 Å². The molecule has 10 rings (SSSR count). The highest BCUT2D eigenvalue weighted by Crippen LogP contribution is 2.45. The zero-order chi connectivity index (χ0) is 63.3. The molecule has 2 aromatic heterocycles. The number of likely N-dealkylation sites (tertiary alicyclic amines) is 2. The Morgan fingerprint density at radius 1 is 0.876 bits per heavy atom. The van der Waals surface area contributed by atoms with E-state index in [4.69, 9.17) is 14.7 Å². The monoisotopic (exact) mass is 1210 g/mol. The maximum Gasteiger partial charge on any atom is 0.257 e.